The van der Waals surface area contributed by atoms with Gasteiger partial charge in [-0.15, -0.1) is 0 Å². The van der Waals surface area contributed by atoms with E-state index in [1.807, 2.05) is 0 Å². The SMILES string of the molecule is Cn1c2ccccc2c2cc(N(c3ccccc3)c3ccc4c(c3)oc3ccc5c(ccc6oc7cc(N(c8ccccc8)c8ccc9c(c8)c8ccccc8n9C)ccc7c65)c34)ccc21. The molecule has 0 fully saturated rings. The summed E-state index contributed by atoms with van der Waals surface area (Å²) in [5.74, 6) is 0. The van der Waals surface area contributed by atoms with Crippen molar-refractivity contribution in [3.63, 3.8) is 0 Å². The van der Waals surface area contributed by atoms with Gasteiger partial charge in [0.2, 0.25) is 0 Å². The molecule has 0 unspecified atom stereocenters. The molecule has 0 aliphatic rings. The van der Waals surface area contributed by atoms with Crippen LogP contribution in [0.25, 0.3) is 98.3 Å². The molecule has 0 aliphatic carbocycles. The van der Waals surface area contributed by atoms with Crippen LogP contribution < -0.4 is 9.80 Å². The van der Waals surface area contributed by atoms with Crippen molar-refractivity contribution >= 4 is 132 Å². The minimum absolute atomic E-state index is 0.839. The molecule has 0 spiro atoms. The number of nitrogens with zero attached hydrogens (tertiary/aromatic N) is 4. The maximum absolute atomic E-state index is 6.75. The third-order valence-corrected chi connectivity index (χ3v) is 13.9. The van der Waals surface area contributed by atoms with Crippen LogP contribution in [0, 0.1) is 0 Å². The van der Waals surface area contributed by atoms with Crippen molar-refractivity contribution in [2.45, 2.75) is 0 Å². The second kappa shape index (κ2) is 13.9. The number of furan rings is 2. The molecule has 0 bridgehead atoms. The number of rotatable bonds is 6. The first-order valence-corrected chi connectivity index (χ1v) is 22.4. The van der Waals surface area contributed by atoms with Crippen LogP contribution in [0.4, 0.5) is 34.1 Å². The van der Waals surface area contributed by atoms with Crippen LogP contribution in [-0.2, 0) is 14.1 Å². The van der Waals surface area contributed by atoms with Crippen molar-refractivity contribution in [1.29, 1.82) is 0 Å². The van der Waals surface area contributed by atoms with Crippen LogP contribution in [-0.4, -0.2) is 9.13 Å². The number of benzene rings is 10. The number of hydrogen-bond donors (Lipinski definition) is 0. The van der Waals surface area contributed by atoms with Crippen LogP contribution in [0.15, 0.2) is 215 Å². The molecule has 0 saturated carbocycles. The fraction of sp³-hybridized carbons (Fsp3) is 0.0333. The molecule has 66 heavy (non-hydrogen) atoms. The highest BCUT2D eigenvalue weighted by molar-refractivity contribution is 6.27. The van der Waals surface area contributed by atoms with Crippen LogP contribution in [0.3, 0.4) is 0 Å². The first-order chi connectivity index (χ1) is 32.6. The first-order valence-electron chi connectivity index (χ1n) is 22.4. The Morgan fingerprint density at radius 3 is 1.09 bits per heavy atom. The zero-order chi connectivity index (χ0) is 43.6. The van der Waals surface area contributed by atoms with Crippen molar-refractivity contribution in [3.05, 3.63) is 206 Å². The van der Waals surface area contributed by atoms with Gasteiger partial charge in [0.1, 0.15) is 22.3 Å². The zero-order valence-corrected chi connectivity index (χ0v) is 36.2. The van der Waals surface area contributed by atoms with Crippen molar-refractivity contribution in [2.24, 2.45) is 14.1 Å². The fourth-order valence-electron chi connectivity index (χ4n) is 10.8. The van der Waals surface area contributed by atoms with Crippen molar-refractivity contribution in [2.75, 3.05) is 9.80 Å². The molecule has 14 aromatic rings. The summed E-state index contributed by atoms with van der Waals surface area (Å²) in [6.07, 6.45) is 0. The Morgan fingerprint density at radius 1 is 0.273 bits per heavy atom. The lowest BCUT2D eigenvalue weighted by molar-refractivity contribution is 0.668. The summed E-state index contributed by atoms with van der Waals surface area (Å²) in [4.78, 5) is 4.64. The van der Waals surface area contributed by atoms with Gasteiger partial charge in [-0.3, -0.25) is 0 Å². The zero-order valence-electron chi connectivity index (χ0n) is 36.2. The fourth-order valence-corrected chi connectivity index (χ4v) is 10.8. The second-order valence-corrected chi connectivity index (χ2v) is 17.4. The van der Waals surface area contributed by atoms with E-state index >= 15 is 0 Å². The molecular formula is C60H40N4O2. The molecule has 0 saturated heterocycles. The highest BCUT2D eigenvalue weighted by atomic mass is 16.3. The number of hydrogen-bond acceptors (Lipinski definition) is 4. The second-order valence-electron chi connectivity index (χ2n) is 17.4. The van der Waals surface area contributed by atoms with E-state index in [-0.39, 0.29) is 0 Å². The van der Waals surface area contributed by atoms with Gasteiger partial charge in [-0.1, -0.05) is 72.8 Å². The normalized spacial score (nSPS) is 12.1. The first kappa shape index (κ1) is 36.7. The summed E-state index contributed by atoms with van der Waals surface area (Å²) < 4.78 is 18.1. The number of aryl methyl sites for hydroxylation is 2. The van der Waals surface area contributed by atoms with Crippen molar-refractivity contribution in [3.8, 4) is 0 Å². The van der Waals surface area contributed by atoms with Gasteiger partial charge in [0, 0.05) is 126 Å². The summed E-state index contributed by atoms with van der Waals surface area (Å²) in [6.45, 7) is 0. The van der Waals surface area contributed by atoms with E-state index in [9.17, 15) is 0 Å². The van der Waals surface area contributed by atoms with Gasteiger partial charge in [0.15, 0.2) is 0 Å². The third-order valence-electron chi connectivity index (χ3n) is 13.9. The molecule has 0 radical (unpaired) electrons. The average Bonchev–Trinajstić information content (AvgIpc) is 4.10. The largest absolute Gasteiger partial charge is 0.456 e. The molecule has 4 heterocycles. The summed E-state index contributed by atoms with van der Waals surface area (Å²) in [6, 6.07) is 73.8. The van der Waals surface area contributed by atoms with Gasteiger partial charge < -0.3 is 27.8 Å². The summed E-state index contributed by atoms with van der Waals surface area (Å²) >= 11 is 0. The lowest BCUT2D eigenvalue weighted by Gasteiger charge is -2.25. The Kier molecular flexibility index (Phi) is 7.72. The Balaban J connectivity index is 0.897. The third kappa shape index (κ3) is 5.30. The highest BCUT2D eigenvalue weighted by Crippen LogP contribution is 2.46. The molecule has 6 heteroatoms. The molecule has 0 atom stereocenters. The monoisotopic (exact) mass is 848 g/mol. The summed E-state index contributed by atoms with van der Waals surface area (Å²) in [5.41, 5.74) is 14.6. The maximum atomic E-state index is 6.75. The van der Waals surface area contributed by atoms with Crippen LogP contribution in [0.1, 0.15) is 0 Å². The lowest BCUT2D eigenvalue weighted by Crippen LogP contribution is -2.09. The van der Waals surface area contributed by atoms with Gasteiger partial charge in [-0.25, -0.2) is 0 Å². The molecule has 0 N–H and O–H groups in total. The van der Waals surface area contributed by atoms with E-state index in [1.54, 1.807) is 0 Å². The van der Waals surface area contributed by atoms with E-state index in [1.165, 1.54) is 43.6 Å². The minimum Gasteiger partial charge on any atom is -0.456 e. The van der Waals surface area contributed by atoms with Crippen LogP contribution in [0.5, 0.6) is 0 Å². The predicted molar refractivity (Wildman–Crippen MR) is 276 cm³/mol. The average molecular weight is 849 g/mol. The Hall–Kier alpha value is -8.74. The molecule has 4 aromatic heterocycles. The number of fused-ring (bicyclic) bond motifs is 15. The number of aromatic nitrogens is 2. The minimum atomic E-state index is 0.839. The maximum Gasteiger partial charge on any atom is 0.137 e. The smallest absolute Gasteiger partial charge is 0.137 e. The van der Waals surface area contributed by atoms with Crippen LogP contribution in [0.2, 0.25) is 0 Å². The Bertz CT molecular complexity index is 3990. The van der Waals surface area contributed by atoms with E-state index < -0.39 is 0 Å². The van der Waals surface area contributed by atoms with Crippen molar-refractivity contribution in [1.82, 2.24) is 9.13 Å². The van der Waals surface area contributed by atoms with Gasteiger partial charge in [-0.2, -0.15) is 0 Å². The quantitative estimate of drug-likeness (QED) is 0.167. The van der Waals surface area contributed by atoms with E-state index in [0.29, 0.717) is 0 Å². The molecule has 6 nitrogen and oxygen atoms in total. The molecule has 0 aliphatic heterocycles. The molecule has 0 amide bonds. The van der Waals surface area contributed by atoms with Gasteiger partial charge in [-0.05, 0) is 132 Å². The van der Waals surface area contributed by atoms with E-state index in [4.69, 9.17) is 8.83 Å². The van der Waals surface area contributed by atoms with E-state index in [2.05, 4.69) is 239 Å². The molecular weight excluding hydrogens is 809 g/mol. The summed E-state index contributed by atoms with van der Waals surface area (Å²) in [5, 5.41) is 11.6. The Morgan fingerprint density at radius 2 is 0.636 bits per heavy atom. The van der Waals surface area contributed by atoms with E-state index in [0.717, 1.165) is 88.8 Å². The summed E-state index contributed by atoms with van der Waals surface area (Å²) in [7, 11) is 4.28. The standard InChI is InChI=1S/C60H40N4O2/c1-61-51-19-11-9-17-43(51)49-33-39(23-29-53(49)61)63(37-13-5-3-6-14-37)41-21-25-47-57(35-41)65-55-31-27-46-45(59(47)55)28-32-56-60(46)48-26-22-42(36-58(48)66-56)64(38-15-7-4-8-16-38)40-24-30-54-50(34-40)44-18-10-12-20-52(44)62(54)2/h3-36H,1-2H3. The topological polar surface area (TPSA) is 42.6 Å². The number of anilines is 6. The van der Waals surface area contributed by atoms with Gasteiger partial charge >= 0.3 is 0 Å². The lowest BCUT2D eigenvalue weighted by atomic mass is 9.99. The van der Waals surface area contributed by atoms with Crippen LogP contribution >= 0.6 is 0 Å². The Labute approximate surface area is 378 Å². The highest BCUT2D eigenvalue weighted by Gasteiger charge is 2.22. The van der Waals surface area contributed by atoms with Gasteiger partial charge in [0.25, 0.3) is 0 Å². The predicted octanol–water partition coefficient (Wildman–Crippen LogP) is 16.9. The number of para-hydroxylation sites is 4. The van der Waals surface area contributed by atoms with Crippen molar-refractivity contribution < 1.29 is 8.83 Å². The molecule has 312 valence electrons. The molecule has 14 rings (SSSR count). The molecule has 10 aromatic carbocycles. The van der Waals surface area contributed by atoms with Gasteiger partial charge in [0.05, 0.1) is 0 Å².